The number of ether oxygens (including phenoxy) is 1. The van der Waals surface area contributed by atoms with E-state index in [4.69, 9.17) is 16.3 Å². The number of halogens is 1. The summed E-state index contributed by atoms with van der Waals surface area (Å²) in [5.41, 5.74) is 1.13. The quantitative estimate of drug-likeness (QED) is 0.838. The van der Waals surface area contributed by atoms with Crippen LogP contribution in [0.15, 0.2) is 6.20 Å². The summed E-state index contributed by atoms with van der Waals surface area (Å²) in [5, 5.41) is 8.85. The van der Waals surface area contributed by atoms with E-state index in [1.165, 1.54) is 0 Å². The Morgan fingerprint density at radius 2 is 2.30 bits per heavy atom. The van der Waals surface area contributed by atoms with E-state index in [9.17, 15) is 0 Å². The first-order valence-electron chi connectivity index (χ1n) is 7.73. The number of aryl methyl sites for hydroxylation is 1. The lowest BCUT2D eigenvalue weighted by Crippen LogP contribution is -2.32. The smallest absolute Gasteiger partial charge is 0.0834 e. The van der Waals surface area contributed by atoms with Crippen molar-refractivity contribution in [2.75, 3.05) is 13.2 Å². The number of hydrogen-bond acceptors (Lipinski definition) is 3. The zero-order valence-electron chi connectivity index (χ0n) is 12.7. The highest BCUT2D eigenvalue weighted by molar-refractivity contribution is 6.31. The van der Waals surface area contributed by atoms with Crippen molar-refractivity contribution < 1.29 is 4.74 Å². The molecule has 20 heavy (non-hydrogen) atoms. The minimum absolute atomic E-state index is 0.237. The SMILES string of the molecule is CCCNC(c1c(Cl)cnn1CCC)C1COC(C)C1. The van der Waals surface area contributed by atoms with Crippen LogP contribution in [0.1, 0.15) is 51.8 Å². The van der Waals surface area contributed by atoms with Gasteiger partial charge in [0.15, 0.2) is 0 Å². The molecule has 1 aliphatic heterocycles. The lowest BCUT2D eigenvalue weighted by molar-refractivity contribution is 0.116. The van der Waals surface area contributed by atoms with Gasteiger partial charge < -0.3 is 10.1 Å². The molecule has 1 N–H and O–H groups in total. The van der Waals surface area contributed by atoms with E-state index >= 15 is 0 Å². The lowest BCUT2D eigenvalue weighted by Gasteiger charge is -2.25. The van der Waals surface area contributed by atoms with Crippen LogP contribution < -0.4 is 5.32 Å². The molecule has 5 heteroatoms. The van der Waals surface area contributed by atoms with Crippen molar-refractivity contribution in [3.05, 3.63) is 16.9 Å². The fourth-order valence-electron chi connectivity index (χ4n) is 2.94. The molecule has 1 aromatic rings. The maximum atomic E-state index is 6.41. The number of hydrogen-bond donors (Lipinski definition) is 1. The Bertz CT molecular complexity index is 421. The van der Waals surface area contributed by atoms with Crippen LogP contribution in [0.3, 0.4) is 0 Å². The van der Waals surface area contributed by atoms with Gasteiger partial charge in [-0.15, -0.1) is 0 Å². The maximum absolute atomic E-state index is 6.41. The molecular formula is C15H26ClN3O. The molecule has 0 aromatic carbocycles. The van der Waals surface area contributed by atoms with Crippen molar-refractivity contribution in [3.63, 3.8) is 0 Å². The summed E-state index contributed by atoms with van der Waals surface area (Å²) in [5.74, 6) is 0.473. The molecule has 0 spiro atoms. The average Bonchev–Trinajstić information content (AvgIpc) is 3.00. The van der Waals surface area contributed by atoms with Crippen LogP contribution >= 0.6 is 11.6 Å². The van der Waals surface area contributed by atoms with E-state index in [1.807, 2.05) is 0 Å². The van der Waals surface area contributed by atoms with Crippen molar-refractivity contribution >= 4 is 11.6 Å². The van der Waals surface area contributed by atoms with Crippen LogP contribution in [-0.2, 0) is 11.3 Å². The Balaban J connectivity index is 2.23. The van der Waals surface area contributed by atoms with E-state index in [0.29, 0.717) is 12.0 Å². The normalized spacial score (nSPS) is 24.2. The van der Waals surface area contributed by atoms with Gasteiger partial charge in [0, 0.05) is 12.5 Å². The molecule has 3 atom stereocenters. The van der Waals surface area contributed by atoms with Gasteiger partial charge in [-0.3, -0.25) is 4.68 Å². The Hall–Kier alpha value is -0.580. The van der Waals surface area contributed by atoms with Gasteiger partial charge in [0.25, 0.3) is 0 Å². The van der Waals surface area contributed by atoms with Gasteiger partial charge in [-0.1, -0.05) is 25.4 Å². The summed E-state index contributed by atoms with van der Waals surface area (Å²) in [7, 11) is 0. The Labute approximate surface area is 126 Å². The lowest BCUT2D eigenvalue weighted by atomic mass is 9.94. The zero-order valence-corrected chi connectivity index (χ0v) is 13.5. The molecule has 0 aliphatic carbocycles. The Kier molecular flexibility index (Phi) is 5.87. The third-order valence-corrected chi connectivity index (χ3v) is 4.17. The average molecular weight is 300 g/mol. The highest BCUT2D eigenvalue weighted by Crippen LogP contribution is 2.35. The van der Waals surface area contributed by atoms with Crippen LogP contribution in [0.5, 0.6) is 0 Å². The van der Waals surface area contributed by atoms with Crippen LogP contribution in [-0.4, -0.2) is 29.0 Å². The van der Waals surface area contributed by atoms with Gasteiger partial charge >= 0.3 is 0 Å². The van der Waals surface area contributed by atoms with E-state index in [0.717, 1.165) is 49.7 Å². The number of aromatic nitrogens is 2. The van der Waals surface area contributed by atoms with Gasteiger partial charge in [-0.05, 0) is 32.7 Å². The van der Waals surface area contributed by atoms with Crippen molar-refractivity contribution in [1.29, 1.82) is 0 Å². The van der Waals surface area contributed by atoms with Crippen molar-refractivity contribution in [2.24, 2.45) is 5.92 Å². The molecule has 0 radical (unpaired) electrons. The summed E-state index contributed by atoms with van der Waals surface area (Å²) >= 11 is 6.41. The summed E-state index contributed by atoms with van der Waals surface area (Å²) in [4.78, 5) is 0. The molecule has 1 aliphatic rings. The van der Waals surface area contributed by atoms with Gasteiger partial charge in [0.05, 0.1) is 35.7 Å². The van der Waals surface area contributed by atoms with Crippen LogP contribution in [0.4, 0.5) is 0 Å². The summed E-state index contributed by atoms with van der Waals surface area (Å²) < 4.78 is 7.81. The molecule has 114 valence electrons. The largest absolute Gasteiger partial charge is 0.378 e. The van der Waals surface area contributed by atoms with E-state index in [-0.39, 0.29) is 6.04 Å². The van der Waals surface area contributed by atoms with Gasteiger partial charge in [0.2, 0.25) is 0 Å². The highest BCUT2D eigenvalue weighted by Gasteiger charge is 2.33. The van der Waals surface area contributed by atoms with Crippen LogP contribution in [0.25, 0.3) is 0 Å². The van der Waals surface area contributed by atoms with Gasteiger partial charge in [-0.25, -0.2) is 0 Å². The second-order valence-electron chi connectivity index (χ2n) is 5.67. The predicted octanol–water partition coefficient (Wildman–Crippen LogP) is 3.41. The van der Waals surface area contributed by atoms with Crippen molar-refractivity contribution in [1.82, 2.24) is 15.1 Å². The number of rotatable bonds is 7. The Morgan fingerprint density at radius 1 is 1.50 bits per heavy atom. The second kappa shape index (κ2) is 7.43. The number of nitrogens with one attached hydrogen (secondary N) is 1. The molecule has 0 bridgehead atoms. The molecule has 2 heterocycles. The highest BCUT2D eigenvalue weighted by atomic mass is 35.5. The summed E-state index contributed by atoms with van der Waals surface area (Å²) in [6.07, 6.45) is 5.36. The van der Waals surface area contributed by atoms with Crippen LogP contribution in [0, 0.1) is 5.92 Å². The first-order chi connectivity index (χ1) is 9.67. The van der Waals surface area contributed by atoms with Crippen LogP contribution in [0.2, 0.25) is 5.02 Å². The maximum Gasteiger partial charge on any atom is 0.0834 e. The minimum Gasteiger partial charge on any atom is -0.378 e. The van der Waals surface area contributed by atoms with Gasteiger partial charge in [0.1, 0.15) is 0 Å². The predicted molar refractivity (Wildman–Crippen MR) is 82.1 cm³/mol. The van der Waals surface area contributed by atoms with E-state index in [2.05, 4.69) is 35.9 Å². The first-order valence-corrected chi connectivity index (χ1v) is 8.11. The third kappa shape index (κ3) is 3.54. The molecule has 0 saturated carbocycles. The topological polar surface area (TPSA) is 39.1 Å². The molecule has 1 fully saturated rings. The molecule has 1 aromatic heterocycles. The fraction of sp³-hybridized carbons (Fsp3) is 0.800. The molecule has 4 nitrogen and oxygen atoms in total. The summed E-state index contributed by atoms with van der Waals surface area (Å²) in [6, 6.07) is 0.237. The molecule has 1 saturated heterocycles. The van der Waals surface area contributed by atoms with E-state index < -0.39 is 0 Å². The van der Waals surface area contributed by atoms with Gasteiger partial charge in [-0.2, -0.15) is 5.10 Å². The molecule has 2 rings (SSSR count). The second-order valence-corrected chi connectivity index (χ2v) is 6.08. The summed E-state index contributed by atoms with van der Waals surface area (Å²) in [6.45, 7) is 9.19. The first kappa shape index (κ1) is 15.8. The molecule has 3 unspecified atom stereocenters. The zero-order chi connectivity index (χ0) is 14.5. The third-order valence-electron chi connectivity index (χ3n) is 3.88. The fourth-order valence-corrected chi connectivity index (χ4v) is 3.20. The monoisotopic (exact) mass is 299 g/mol. The van der Waals surface area contributed by atoms with Crippen molar-refractivity contribution in [3.8, 4) is 0 Å². The Morgan fingerprint density at radius 3 is 2.90 bits per heavy atom. The number of nitrogens with zero attached hydrogens (tertiary/aromatic N) is 2. The molecular weight excluding hydrogens is 274 g/mol. The van der Waals surface area contributed by atoms with E-state index in [1.54, 1.807) is 6.20 Å². The minimum atomic E-state index is 0.237. The standard InChI is InChI=1S/C15H26ClN3O/c1-4-6-17-14(12-8-11(3)20-10-12)15-13(16)9-18-19(15)7-5-2/h9,11-12,14,17H,4-8,10H2,1-3H3. The molecule has 0 amide bonds. The van der Waals surface area contributed by atoms with Crippen molar-refractivity contribution in [2.45, 2.75) is 58.7 Å².